The molecule has 0 heterocycles. The number of nitro benzene ring substituents is 1. The van der Waals surface area contributed by atoms with Crippen molar-refractivity contribution in [3.05, 3.63) is 69.8 Å². The number of amides is 1. The van der Waals surface area contributed by atoms with Gasteiger partial charge in [0.2, 0.25) is 0 Å². The zero-order chi connectivity index (χ0) is 19.3. The van der Waals surface area contributed by atoms with E-state index in [9.17, 15) is 28.1 Å². The van der Waals surface area contributed by atoms with Gasteiger partial charge in [-0.15, -0.1) is 0 Å². The summed E-state index contributed by atoms with van der Waals surface area (Å²) in [5, 5.41) is 13.3. The molecule has 0 aliphatic carbocycles. The lowest BCUT2D eigenvalue weighted by atomic mass is 10.1. The van der Waals surface area contributed by atoms with E-state index in [0.29, 0.717) is 17.8 Å². The number of benzene rings is 2. The largest absolute Gasteiger partial charge is 0.416 e. The normalized spacial score (nSPS) is 12.5. The second kappa shape index (κ2) is 7.96. The van der Waals surface area contributed by atoms with Crippen LogP contribution in [0.2, 0.25) is 0 Å². The van der Waals surface area contributed by atoms with Gasteiger partial charge in [0.1, 0.15) is 6.54 Å². The first-order valence-corrected chi connectivity index (χ1v) is 7.67. The lowest BCUT2D eigenvalue weighted by Crippen LogP contribution is -3.08. The molecule has 1 atom stereocenters. The van der Waals surface area contributed by atoms with Crippen LogP contribution in [-0.4, -0.2) is 24.4 Å². The molecule has 9 heteroatoms. The number of hydrogen-bond acceptors (Lipinski definition) is 3. The first-order valence-electron chi connectivity index (χ1n) is 7.67. The molecule has 0 aromatic heterocycles. The highest BCUT2D eigenvalue weighted by molar-refractivity contribution is 5.91. The summed E-state index contributed by atoms with van der Waals surface area (Å²) in [5.41, 5.74) is 0.126. The maximum absolute atomic E-state index is 12.5. The van der Waals surface area contributed by atoms with Gasteiger partial charge >= 0.3 is 6.18 Å². The standard InChI is InChI=1S/C17H16F3N3O3/c1-22(10-12-5-7-13(8-6-12)17(18,19)20)11-16(24)21-14-3-2-4-15(9-14)23(25)26/h2-9H,10-11H2,1H3,(H,21,24)/p+1. The predicted octanol–water partition coefficient (Wildman–Crippen LogP) is 2.27. The van der Waals surface area contributed by atoms with E-state index >= 15 is 0 Å². The van der Waals surface area contributed by atoms with Crippen molar-refractivity contribution >= 4 is 17.3 Å². The van der Waals surface area contributed by atoms with E-state index in [2.05, 4.69) is 5.32 Å². The van der Waals surface area contributed by atoms with Crippen LogP contribution >= 0.6 is 0 Å². The smallest absolute Gasteiger partial charge is 0.326 e. The van der Waals surface area contributed by atoms with Crippen LogP contribution < -0.4 is 10.2 Å². The Hall–Kier alpha value is -2.94. The second-order valence-corrected chi connectivity index (χ2v) is 5.86. The van der Waals surface area contributed by atoms with Crippen molar-refractivity contribution in [1.29, 1.82) is 0 Å². The molecule has 0 spiro atoms. The maximum atomic E-state index is 12.5. The number of hydrogen-bond donors (Lipinski definition) is 2. The van der Waals surface area contributed by atoms with E-state index in [0.717, 1.165) is 17.0 Å². The third-order valence-corrected chi connectivity index (χ3v) is 3.59. The van der Waals surface area contributed by atoms with E-state index in [1.807, 2.05) is 0 Å². The fraction of sp³-hybridized carbons (Fsp3) is 0.235. The van der Waals surface area contributed by atoms with E-state index < -0.39 is 16.7 Å². The molecule has 0 aliphatic rings. The number of halogens is 3. The zero-order valence-electron chi connectivity index (χ0n) is 13.8. The van der Waals surface area contributed by atoms with Gasteiger partial charge in [0.05, 0.1) is 17.5 Å². The summed E-state index contributed by atoms with van der Waals surface area (Å²) in [6, 6.07) is 10.3. The molecular formula is C17H17F3N3O3+. The fourth-order valence-electron chi connectivity index (χ4n) is 2.40. The molecule has 2 N–H and O–H groups in total. The first-order chi connectivity index (χ1) is 12.1. The Morgan fingerprint density at radius 2 is 1.85 bits per heavy atom. The third kappa shape index (κ3) is 5.55. The molecule has 6 nitrogen and oxygen atoms in total. The van der Waals surface area contributed by atoms with Crippen molar-refractivity contribution in [2.75, 3.05) is 18.9 Å². The maximum Gasteiger partial charge on any atom is 0.416 e. The van der Waals surface area contributed by atoms with E-state index in [1.54, 1.807) is 7.05 Å². The highest BCUT2D eigenvalue weighted by Gasteiger charge is 2.30. The number of quaternary nitrogens is 1. The van der Waals surface area contributed by atoms with Gasteiger partial charge in [-0.1, -0.05) is 18.2 Å². The molecule has 138 valence electrons. The minimum absolute atomic E-state index is 0.0592. The summed E-state index contributed by atoms with van der Waals surface area (Å²) >= 11 is 0. The molecule has 2 aromatic rings. The molecule has 1 unspecified atom stereocenters. The van der Waals surface area contributed by atoms with Gasteiger partial charge in [-0.2, -0.15) is 13.2 Å². The van der Waals surface area contributed by atoms with Crippen LogP contribution in [0.3, 0.4) is 0 Å². The number of non-ortho nitro benzene ring substituents is 1. The zero-order valence-corrected chi connectivity index (χ0v) is 13.8. The van der Waals surface area contributed by atoms with Crippen LogP contribution in [0.5, 0.6) is 0 Å². The number of carbonyl (C=O) groups excluding carboxylic acids is 1. The van der Waals surface area contributed by atoms with Crippen molar-refractivity contribution < 1.29 is 27.8 Å². The van der Waals surface area contributed by atoms with Crippen molar-refractivity contribution in [3.63, 3.8) is 0 Å². The Morgan fingerprint density at radius 3 is 2.42 bits per heavy atom. The summed E-state index contributed by atoms with van der Waals surface area (Å²) in [5.74, 6) is -0.352. The molecule has 2 rings (SSSR count). The van der Waals surface area contributed by atoms with Crippen molar-refractivity contribution in [1.82, 2.24) is 0 Å². The minimum atomic E-state index is -4.38. The van der Waals surface area contributed by atoms with Gasteiger partial charge in [-0.25, -0.2) is 0 Å². The van der Waals surface area contributed by atoms with E-state index in [1.165, 1.54) is 36.4 Å². The number of carbonyl (C=O) groups is 1. The summed E-state index contributed by atoms with van der Waals surface area (Å²) in [6.45, 7) is 0.421. The van der Waals surface area contributed by atoms with E-state index in [4.69, 9.17) is 0 Å². The highest BCUT2D eigenvalue weighted by Crippen LogP contribution is 2.28. The lowest BCUT2D eigenvalue weighted by Gasteiger charge is -2.14. The van der Waals surface area contributed by atoms with Crippen LogP contribution in [-0.2, 0) is 17.5 Å². The second-order valence-electron chi connectivity index (χ2n) is 5.86. The first kappa shape index (κ1) is 19.4. The minimum Gasteiger partial charge on any atom is -0.326 e. The number of rotatable bonds is 6. The number of alkyl halides is 3. The molecule has 0 aliphatic heterocycles. The summed E-state index contributed by atoms with van der Waals surface area (Å²) in [6.07, 6.45) is -4.38. The fourth-order valence-corrected chi connectivity index (χ4v) is 2.40. The Balaban J connectivity index is 1.91. The van der Waals surface area contributed by atoms with Crippen LogP contribution in [0.1, 0.15) is 11.1 Å². The predicted molar refractivity (Wildman–Crippen MR) is 88.6 cm³/mol. The number of nitrogens with zero attached hydrogens (tertiary/aromatic N) is 1. The van der Waals surface area contributed by atoms with E-state index in [-0.39, 0.29) is 18.1 Å². The van der Waals surface area contributed by atoms with Crippen LogP contribution in [0.4, 0.5) is 24.5 Å². The van der Waals surface area contributed by atoms with Gasteiger partial charge < -0.3 is 10.2 Å². The summed E-state index contributed by atoms with van der Waals surface area (Å²) in [4.78, 5) is 23.0. The highest BCUT2D eigenvalue weighted by atomic mass is 19.4. The van der Waals surface area contributed by atoms with Crippen LogP contribution in [0, 0.1) is 10.1 Å². The average molecular weight is 368 g/mol. The quantitative estimate of drug-likeness (QED) is 0.607. The van der Waals surface area contributed by atoms with Crippen molar-refractivity contribution in [2.24, 2.45) is 0 Å². The molecule has 1 amide bonds. The molecule has 0 bridgehead atoms. The lowest BCUT2D eigenvalue weighted by molar-refractivity contribution is -0.885. The topological polar surface area (TPSA) is 76.7 Å². The van der Waals surface area contributed by atoms with Gasteiger partial charge in [0.25, 0.3) is 11.6 Å². The molecular weight excluding hydrogens is 351 g/mol. The van der Waals surface area contributed by atoms with Gasteiger partial charge in [-0.3, -0.25) is 14.9 Å². The molecule has 0 saturated carbocycles. The number of anilines is 1. The van der Waals surface area contributed by atoms with Gasteiger partial charge in [-0.05, 0) is 18.2 Å². The monoisotopic (exact) mass is 368 g/mol. The Kier molecular flexibility index (Phi) is 5.93. The van der Waals surface area contributed by atoms with Crippen LogP contribution in [0.15, 0.2) is 48.5 Å². The molecule has 2 aromatic carbocycles. The number of likely N-dealkylation sites (N-methyl/N-ethyl adjacent to an activating group) is 1. The number of nitro groups is 1. The van der Waals surface area contributed by atoms with Crippen molar-refractivity contribution in [3.8, 4) is 0 Å². The SMILES string of the molecule is C[NH+](CC(=O)Nc1cccc([N+](=O)[O-])c1)Cc1ccc(C(F)(F)F)cc1. The van der Waals surface area contributed by atoms with Gasteiger partial charge in [0.15, 0.2) is 6.54 Å². The number of nitrogens with one attached hydrogen (secondary N) is 2. The molecule has 0 saturated heterocycles. The third-order valence-electron chi connectivity index (χ3n) is 3.59. The molecule has 26 heavy (non-hydrogen) atoms. The van der Waals surface area contributed by atoms with Crippen LogP contribution in [0.25, 0.3) is 0 Å². The summed E-state index contributed by atoms with van der Waals surface area (Å²) in [7, 11) is 1.73. The summed E-state index contributed by atoms with van der Waals surface area (Å²) < 4.78 is 37.6. The van der Waals surface area contributed by atoms with Crippen molar-refractivity contribution in [2.45, 2.75) is 12.7 Å². The van der Waals surface area contributed by atoms with Gasteiger partial charge in [0, 0.05) is 23.4 Å². The Morgan fingerprint density at radius 1 is 1.19 bits per heavy atom. The molecule has 0 radical (unpaired) electrons. The average Bonchev–Trinajstić information content (AvgIpc) is 2.54. The Bertz CT molecular complexity index is 792. The molecule has 0 fully saturated rings. The Labute approximate surface area is 147 Å².